The summed E-state index contributed by atoms with van der Waals surface area (Å²) in [5.41, 5.74) is -0.336. The molecule has 0 spiro atoms. The Morgan fingerprint density at radius 2 is 1.90 bits per heavy atom. The van der Waals surface area contributed by atoms with Crippen LogP contribution in [0.2, 0.25) is 0 Å². The van der Waals surface area contributed by atoms with Gasteiger partial charge in [0.25, 0.3) is 0 Å². The highest BCUT2D eigenvalue weighted by molar-refractivity contribution is 5.59. The van der Waals surface area contributed by atoms with Crippen LogP contribution in [0.3, 0.4) is 0 Å². The summed E-state index contributed by atoms with van der Waals surface area (Å²) in [6.45, 7) is 4.28. The highest BCUT2D eigenvalue weighted by Gasteiger charge is 2.09. The molecule has 0 aliphatic rings. The van der Waals surface area contributed by atoms with E-state index in [1.165, 1.54) is 12.1 Å². The Balaban J connectivity index is 2.96. The van der Waals surface area contributed by atoms with Gasteiger partial charge >= 0.3 is 0 Å². The minimum atomic E-state index is -0.589. The Hall–Kier alpha value is -3.04. The molecule has 0 radical (unpaired) electrons. The Bertz CT molecular complexity index is 658. The van der Waals surface area contributed by atoms with Gasteiger partial charge in [0.15, 0.2) is 17.1 Å². The predicted octanol–water partition coefficient (Wildman–Crippen LogP) is 3.10. The highest BCUT2D eigenvalue weighted by atomic mass is 19.1. The number of hydrogen-bond acceptors (Lipinski definition) is 5. The molecule has 0 saturated carbocycles. The minimum absolute atomic E-state index is 0.109. The van der Waals surface area contributed by atoms with E-state index in [0.29, 0.717) is 6.61 Å². The van der Waals surface area contributed by atoms with Crippen molar-refractivity contribution in [3.63, 3.8) is 0 Å². The number of halogens is 1. The van der Waals surface area contributed by atoms with Crippen LogP contribution < -0.4 is 10.1 Å². The SMILES string of the molecule is CC(C)COc1ccc(NC(C#N)=C(C#N)C#N)cc1F. The molecule has 0 aliphatic carbocycles. The van der Waals surface area contributed by atoms with Crippen LogP contribution in [0.15, 0.2) is 29.5 Å². The van der Waals surface area contributed by atoms with Gasteiger partial charge in [-0.2, -0.15) is 15.8 Å². The molecule has 21 heavy (non-hydrogen) atoms. The molecule has 0 aromatic heterocycles. The predicted molar refractivity (Wildman–Crippen MR) is 74.2 cm³/mol. The van der Waals surface area contributed by atoms with Gasteiger partial charge in [-0.25, -0.2) is 4.39 Å². The third-order valence-electron chi connectivity index (χ3n) is 2.36. The Kier molecular flexibility index (Phi) is 5.74. The molecule has 5 nitrogen and oxygen atoms in total. The summed E-state index contributed by atoms with van der Waals surface area (Å²) in [6.07, 6.45) is 0. The molecule has 0 fully saturated rings. The molecule has 0 heterocycles. The van der Waals surface area contributed by atoms with Crippen molar-refractivity contribution in [2.24, 2.45) is 5.92 Å². The molecular weight excluding hydrogens is 271 g/mol. The van der Waals surface area contributed by atoms with Gasteiger partial charge in [-0.3, -0.25) is 0 Å². The third kappa shape index (κ3) is 4.53. The first kappa shape index (κ1) is 16.0. The third-order valence-corrected chi connectivity index (χ3v) is 2.36. The monoisotopic (exact) mass is 284 g/mol. The normalized spacial score (nSPS) is 9.19. The van der Waals surface area contributed by atoms with E-state index in [4.69, 9.17) is 20.5 Å². The largest absolute Gasteiger partial charge is 0.490 e. The van der Waals surface area contributed by atoms with Crippen LogP contribution in [0.1, 0.15) is 13.8 Å². The van der Waals surface area contributed by atoms with Crippen molar-refractivity contribution in [1.82, 2.24) is 0 Å². The van der Waals surface area contributed by atoms with Crippen molar-refractivity contribution in [3.05, 3.63) is 35.3 Å². The molecule has 1 rings (SSSR count). The van der Waals surface area contributed by atoms with Crippen molar-refractivity contribution in [2.45, 2.75) is 13.8 Å². The lowest BCUT2D eigenvalue weighted by molar-refractivity contribution is 0.259. The number of ether oxygens (including phenoxy) is 1. The van der Waals surface area contributed by atoms with Gasteiger partial charge in [0.05, 0.1) is 6.61 Å². The summed E-state index contributed by atoms with van der Waals surface area (Å²) in [5, 5.41) is 28.9. The van der Waals surface area contributed by atoms with E-state index < -0.39 is 5.82 Å². The maximum absolute atomic E-state index is 13.8. The van der Waals surface area contributed by atoms with E-state index in [9.17, 15) is 4.39 Å². The average Bonchev–Trinajstić information content (AvgIpc) is 2.46. The molecule has 0 unspecified atom stereocenters. The van der Waals surface area contributed by atoms with Crippen molar-refractivity contribution in [2.75, 3.05) is 11.9 Å². The van der Waals surface area contributed by atoms with Gasteiger partial charge in [-0.1, -0.05) is 13.8 Å². The van der Waals surface area contributed by atoms with Gasteiger partial charge in [0.1, 0.15) is 23.9 Å². The average molecular weight is 284 g/mol. The van der Waals surface area contributed by atoms with Crippen LogP contribution in [0.25, 0.3) is 0 Å². The first-order valence-electron chi connectivity index (χ1n) is 6.15. The zero-order chi connectivity index (χ0) is 15.8. The number of allylic oxidation sites excluding steroid dienone is 2. The maximum Gasteiger partial charge on any atom is 0.167 e. The summed E-state index contributed by atoms with van der Waals surface area (Å²) < 4.78 is 19.1. The van der Waals surface area contributed by atoms with E-state index in [1.807, 2.05) is 13.8 Å². The standard InChI is InChI=1S/C15H13FN4O/c1-10(2)9-21-15-4-3-12(5-13(15)16)20-14(8-19)11(6-17)7-18/h3-5,10,20H,9H2,1-2H3. The van der Waals surface area contributed by atoms with Crippen LogP contribution in [-0.2, 0) is 0 Å². The quantitative estimate of drug-likeness (QED) is 0.838. The fraction of sp³-hybridized carbons (Fsp3) is 0.267. The van der Waals surface area contributed by atoms with Crippen LogP contribution in [0.5, 0.6) is 5.75 Å². The van der Waals surface area contributed by atoms with Crippen LogP contribution in [0.4, 0.5) is 10.1 Å². The van der Waals surface area contributed by atoms with Gasteiger partial charge in [0, 0.05) is 11.8 Å². The Morgan fingerprint density at radius 1 is 1.24 bits per heavy atom. The minimum Gasteiger partial charge on any atom is -0.490 e. The summed E-state index contributed by atoms with van der Waals surface area (Å²) in [7, 11) is 0. The van der Waals surface area contributed by atoms with E-state index >= 15 is 0 Å². The van der Waals surface area contributed by atoms with Crippen molar-refractivity contribution >= 4 is 5.69 Å². The molecule has 1 aromatic rings. The van der Waals surface area contributed by atoms with Gasteiger partial charge in [-0.15, -0.1) is 0 Å². The number of hydrogen-bond donors (Lipinski definition) is 1. The zero-order valence-corrected chi connectivity index (χ0v) is 11.6. The van der Waals surface area contributed by atoms with E-state index in [0.717, 1.165) is 6.07 Å². The smallest absolute Gasteiger partial charge is 0.167 e. The van der Waals surface area contributed by atoms with E-state index in [1.54, 1.807) is 18.2 Å². The molecule has 0 amide bonds. The summed E-state index contributed by atoms with van der Waals surface area (Å²) in [5.74, 6) is -0.213. The lowest BCUT2D eigenvalue weighted by Crippen LogP contribution is -2.06. The molecule has 0 aliphatic heterocycles. The number of nitrogens with one attached hydrogen (secondary N) is 1. The van der Waals surface area contributed by atoms with Gasteiger partial charge in [0.2, 0.25) is 0 Å². The molecule has 0 saturated heterocycles. The Labute approximate surface area is 122 Å². The fourth-order valence-corrected chi connectivity index (χ4v) is 1.38. The summed E-state index contributed by atoms with van der Waals surface area (Å²) >= 11 is 0. The molecule has 1 N–H and O–H groups in total. The number of nitrogens with zero attached hydrogens (tertiary/aromatic N) is 3. The lowest BCUT2D eigenvalue weighted by atomic mass is 10.2. The van der Waals surface area contributed by atoms with Crippen LogP contribution >= 0.6 is 0 Å². The second kappa shape index (κ2) is 7.53. The van der Waals surface area contributed by atoms with E-state index in [-0.39, 0.29) is 28.6 Å². The van der Waals surface area contributed by atoms with Crippen molar-refractivity contribution in [1.29, 1.82) is 15.8 Å². The summed E-state index contributed by atoms with van der Waals surface area (Å²) in [4.78, 5) is 0. The van der Waals surface area contributed by atoms with Crippen molar-refractivity contribution < 1.29 is 9.13 Å². The zero-order valence-electron chi connectivity index (χ0n) is 11.6. The van der Waals surface area contributed by atoms with Gasteiger partial charge < -0.3 is 10.1 Å². The number of benzene rings is 1. The first-order chi connectivity index (χ1) is 10.0. The fourth-order valence-electron chi connectivity index (χ4n) is 1.38. The van der Waals surface area contributed by atoms with Gasteiger partial charge in [-0.05, 0) is 18.1 Å². The number of anilines is 1. The molecule has 106 valence electrons. The molecule has 0 atom stereocenters. The molecule has 6 heteroatoms. The summed E-state index contributed by atoms with van der Waals surface area (Å²) in [6, 6.07) is 8.95. The second-order valence-corrected chi connectivity index (χ2v) is 4.56. The number of rotatable bonds is 5. The molecular formula is C15H13FN4O. The molecule has 0 bridgehead atoms. The lowest BCUT2D eigenvalue weighted by Gasteiger charge is -2.11. The molecule has 1 aromatic carbocycles. The van der Waals surface area contributed by atoms with Crippen LogP contribution in [0, 0.1) is 45.7 Å². The Morgan fingerprint density at radius 3 is 2.38 bits per heavy atom. The highest BCUT2D eigenvalue weighted by Crippen LogP contribution is 2.23. The second-order valence-electron chi connectivity index (χ2n) is 4.56. The van der Waals surface area contributed by atoms with Crippen LogP contribution in [-0.4, -0.2) is 6.61 Å². The first-order valence-corrected chi connectivity index (χ1v) is 6.15. The number of nitriles is 3. The maximum atomic E-state index is 13.8. The van der Waals surface area contributed by atoms with E-state index in [2.05, 4.69) is 5.32 Å². The van der Waals surface area contributed by atoms with Crippen molar-refractivity contribution in [3.8, 4) is 24.0 Å². The topological polar surface area (TPSA) is 92.6 Å².